The summed E-state index contributed by atoms with van der Waals surface area (Å²) in [5.41, 5.74) is 1.38. The Kier molecular flexibility index (Phi) is 5.77. The number of para-hydroxylation sites is 1. The number of aliphatic hydroxyl groups excluding tert-OH is 1. The van der Waals surface area contributed by atoms with Gasteiger partial charge in [-0.05, 0) is 23.8 Å². The first kappa shape index (κ1) is 18.5. The van der Waals surface area contributed by atoms with Crippen molar-refractivity contribution in [1.82, 2.24) is 20.1 Å². The van der Waals surface area contributed by atoms with E-state index in [1.165, 1.54) is 35.3 Å². The maximum atomic E-state index is 13.0. The van der Waals surface area contributed by atoms with E-state index in [1.54, 1.807) is 7.11 Å². The SMILES string of the molecule is COc1ccccc1CNC(=O)c1ncn(C[C@@H](O)c2ccc(F)cc2)n1. The van der Waals surface area contributed by atoms with Gasteiger partial charge in [0.2, 0.25) is 5.82 Å². The Morgan fingerprint density at radius 1 is 1.26 bits per heavy atom. The second-order valence-electron chi connectivity index (χ2n) is 5.85. The average molecular weight is 370 g/mol. The molecule has 3 rings (SSSR count). The molecule has 7 nitrogen and oxygen atoms in total. The number of methoxy groups -OCH3 is 1. The number of hydrogen-bond acceptors (Lipinski definition) is 5. The van der Waals surface area contributed by atoms with Crippen LogP contribution in [0.1, 0.15) is 27.8 Å². The fourth-order valence-electron chi connectivity index (χ4n) is 2.56. The topological polar surface area (TPSA) is 89.3 Å². The second-order valence-corrected chi connectivity index (χ2v) is 5.85. The van der Waals surface area contributed by atoms with Crippen molar-refractivity contribution in [3.8, 4) is 5.75 Å². The highest BCUT2D eigenvalue weighted by atomic mass is 19.1. The maximum absolute atomic E-state index is 13.0. The van der Waals surface area contributed by atoms with Crippen LogP contribution in [0.5, 0.6) is 5.75 Å². The summed E-state index contributed by atoms with van der Waals surface area (Å²) >= 11 is 0. The van der Waals surface area contributed by atoms with Gasteiger partial charge in [-0.25, -0.2) is 14.1 Å². The van der Waals surface area contributed by atoms with Gasteiger partial charge in [0.05, 0.1) is 19.8 Å². The number of carbonyl (C=O) groups is 1. The quantitative estimate of drug-likeness (QED) is 0.665. The Morgan fingerprint density at radius 2 is 2.00 bits per heavy atom. The van der Waals surface area contributed by atoms with Crippen LogP contribution in [0, 0.1) is 5.82 Å². The molecule has 1 aromatic heterocycles. The lowest BCUT2D eigenvalue weighted by Crippen LogP contribution is -2.24. The summed E-state index contributed by atoms with van der Waals surface area (Å²) in [6.45, 7) is 0.369. The zero-order valence-corrected chi connectivity index (χ0v) is 14.7. The zero-order chi connectivity index (χ0) is 19.2. The van der Waals surface area contributed by atoms with Crippen LogP contribution in [0.25, 0.3) is 0 Å². The molecule has 0 saturated carbocycles. The Balaban J connectivity index is 1.59. The van der Waals surface area contributed by atoms with E-state index in [0.717, 1.165) is 5.56 Å². The molecule has 0 spiro atoms. The number of nitrogens with one attached hydrogen (secondary N) is 1. The van der Waals surface area contributed by atoms with Crippen molar-refractivity contribution in [1.29, 1.82) is 0 Å². The Labute approximate surface area is 155 Å². The summed E-state index contributed by atoms with van der Waals surface area (Å²) in [5.74, 6) is -0.133. The van der Waals surface area contributed by atoms with E-state index in [0.29, 0.717) is 11.3 Å². The van der Waals surface area contributed by atoms with Crippen molar-refractivity contribution >= 4 is 5.91 Å². The zero-order valence-electron chi connectivity index (χ0n) is 14.7. The molecule has 140 valence electrons. The van der Waals surface area contributed by atoms with E-state index in [-0.39, 0.29) is 24.7 Å². The molecule has 8 heteroatoms. The number of carbonyl (C=O) groups excluding carboxylic acids is 1. The largest absolute Gasteiger partial charge is 0.496 e. The van der Waals surface area contributed by atoms with Crippen molar-refractivity contribution in [3.05, 3.63) is 77.6 Å². The third-order valence-electron chi connectivity index (χ3n) is 3.99. The molecule has 0 saturated heterocycles. The number of rotatable bonds is 7. The van der Waals surface area contributed by atoms with Crippen LogP contribution in [0.2, 0.25) is 0 Å². The molecule has 2 N–H and O–H groups in total. The Morgan fingerprint density at radius 3 is 2.74 bits per heavy atom. The molecule has 0 radical (unpaired) electrons. The van der Waals surface area contributed by atoms with E-state index in [2.05, 4.69) is 15.4 Å². The number of hydrogen-bond donors (Lipinski definition) is 2. The maximum Gasteiger partial charge on any atom is 0.291 e. The van der Waals surface area contributed by atoms with E-state index >= 15 is 0 Å². The van der Waals surface area contributed by atoms with Crippen molar-refractivity contribution in [2.45, 2.75) is 19.2 Å². The average Bonchev–Trinajstić information content (AvgIpc) is 3.15. The van der Waals surface area contributed by atoms with Gasteiger partial charge in [-0.15, -0.1) is 5.10 Å². The fourth-order valence-corrected chi connectivity index (χ4v) is 2.56. The highest BCUT2D eigenvalue weighted by Gasteiger charge is 2.15. The van der Waals surface area contributed by atoms with Gasteiger partial charge in [0, 0.05) is 12.1 Å². The van der Waals surface area contributed by atoms with Crippen LogP contribution in [0.3, 0.4) is 0 Å². The van der Waals surface area contributed by atoms with E-state index in [1.807, 2.05) is 24.3 Å². The number of halogens is 1. The van der Waals surface area contributed by atoms with Crippen LogP contribution in [0.4, 0.5) is 4.39 Å². The number of benzene rings is 2. The summed E-state index contributed by atoms with van der Waals surface area (Å²) in [6.07, 6.45) is 0.474. The van der Waals surface area contributed by atoms with Gasteiger partial charge in [-0.1, -0.05) is 30.3 Å². The second kappa shape index (κ2) is 8.41. The third-order valence-corrected chi connectivity index (χ3v) is 3.99. The molecule has 27 heavy (non-hydrogen) atoms. The lowest BCUT2D eigenvalue weighted by Gasteiger charge is -2.10. The van der Waals surface area contributed by atoms with Crippen molar-refractivity contribution in [3.63, 3.8) is 0 Å². The first-order chi connectivity index (χ1) is 13.1. The summed E-state index contributed by atoms with van der Waals surface area (Å²) < 4.78 is 19.6. The van der Waals surface area contributed by atoms with Crippen LogP contribution >= 0.6 is 0 Å². The Bertz CT molecular complexity index is 911. The highest BCUT2D eigenvalue weighted by molar-refractivity contribution is 5.90. The monoisotopic (exact) mass is 370 g/mol. The van der Waals surface area contributed by atoms with E-state index in [9.17, 15) is 14.3 Å². The Hall–Kier alpha value is -3.26. The van der Waals surface area contributed by atoms with Crippen molar-refractivity contribution in [2.24, 2.45) is 0 Å². The fraction of sp³-hybridized carbons (Fsp3) is 0.211. The minimum Gasteiger partial charge on any atom is -0.496 e. The summed E-state index contributed by atoms with van der Waals surface area (Å²) in [4.78, 5) is 16.2. The van der Waals surface area contributed by atoms with Gasteiger partial charge in [0.25, 0.3) is 5.91 Å². The van der Waals surface area contributed by atoms with Crippen molar-refractivity contribution < 1.29 is 19.0 Å². The van der Waals surface area contributed by atoms with Crippen LogP contribution in [0.15, 0.2) is 54.9 Å². The van der Waals surface area contributed by atoms with Gasteiger partial charge in [-0.3, -0.25) is 4.79 Å². The molecule has 1 atom stereocenters. The van der Waals surface area contributed by atoms with Crippen molar-refractivity contribution in [2.75, 3.05) is 7.11 Å². The number of amides is 1. The molecule has 0 bridgehead atoms. The minimum absolute atomic E-state index is 0.00351. The van der Waals surface area contributed by atoms with Gasteiger partial charge >= 0.3 is 0 Å². The van der Waals surface area contributed by atoms with Crippen LogP contribution in [-0.2, 0) is 13.1 Å². The molecule has 1 amide bonds. The normalized spacial score (nSPS) is 11.8. The first-order valence-corrected chi connectivity index (χ1v) is 8.30. The molecule has 0 aliphatic rings. The van der Waals surface area contributed by atoms with Gasteiger partial charge in [0.1, 0.15) is 17.9 Å². The number of nitrogens with zero attached hydrogens (tertiary/aromatic N) is 3. The minimum atomic E-state index is -0.892. The summed E-state index contributed by atoms with van der Waals surface area (Å²) in [6, 6.07) is 12.9. The molecule has 0 unspecified atom stereocenters. The number of ether oxygens (including phenoxy) is 1. The molecule has 0 aliphatic heterocycles. The molecular weight excluding hydrogens is 351 g/mol. The molecule has 1 heterocycles. The predicted octanol–water partition coefficient (Wildman–Crippen LogP) is 2.09. The van der Waals surface area contributed by atoms with Gasteiger partial charge in [-0.2, -0.15) is 0 Å². The molecular formula is C19H19FN4O3. The number of aromatic nitrogens is 3. The van der Waals surface area contributed by atoms with E-state index < -0.39 is 12.0 Å². The summed E-state index contributed by atoms with van der Waals surface area (Å²) in [7, 11) is 1.57. The predicted molar refractivity (Wildman–Crippen MR) is 95.5 cm³/mol. The first-order valence-electron chi connectivity index (χ1n) is 8.30. The molecule has 0 aliphatic carbocycles. The molecule has 0 fully saturated rings. The van der Waals surface area contributed by atoms with Crippen LogP contribution < -0.4 is 10.1 Å². The third kappa shape index (κ3) is 4.68. The lowest BCUT2D eigenvalue weighted by atomic mass is 10.1. The molecule has 2 aromatic carbocycles. The molecule has 3 aromatic rings. The van der Waals surface area contributed by atoms with E-state index in [4.69, 9.17) is 4.74 Å². The van der Waals surface area contributed by atoms with Crippen LogP contribution in [-0.4, -0.2) is 32.9 Å². The highest BCUT2D eigenvalue weighted by Crippen LogP contribution is 2.17. The smallest absolute Gasteiger partial charge is 0.291 e. The lowest BCUT2D eigenvalue weighted by molar-refractivity contribution is 0.0938. The standard InChI is InChI=1S/C19H19FN4O3/c1-27-17-5-3-2-4-14(17)10-21-19(26)18-22-12-24(23-18)11-16(25)13-6-8-15(20)9-7-13/h2-9,12,16,25H,10-11H2,1H3,(H,21,26)/t16-/m1/s1. The summed E-state index contributed by atoms with van der Waals surface area (Å²) in [5, 5.41) is 17.0. The van der Waals surface area contributed by atoms with Gasteiger partial charge in [0.15, 0.2) is 0 Å². The van der Waals surface area contributed by atoms with Gasteiger partial charge < -0.3 is 15.2 Å². The number of aliphatic hydroxyl groups is 1.